The van der Waals surface area contributed by atoms with Crippen molar-refractivity contribution in [2.75, 3.05) is 0 Å². The molecule has 0 saturated carbocycles. The molecule has 0 aliphatic carbocycles. The van der Waals surface area contributed by atoms with Crippen LogP contribution in [0.5, 0.6) is 0 Å². The zero-order chi connectivity index (χ0) is 16.4. The first-order valence-electron chi connectivity index (χ1n) is 7.44. The maximum atomic E-state index is 12.6. The van der Waals surface area contributed by atoms with Gasteiger partial charge in [0.1, 0.15) is 6.33 Å². The van der Waals surface area contributed by atoms with Gasteiger partial charge in [-0.1, -0.05) is 18.2 Å². The predicted molar refractivity (Wildman–Crippen MR) is 89.9 cm³/mol. The molecule has 5 nitrogen and oxygen atoms in total. The maximum Gasteiger partial charge on any atom is 0.265 e. The molecule has 0 bridgehead atoms. The van der Waals surface area contributed by atoms with Gasteiger partial charge in [-0.05, 0) is 44.2 Å². The molecule has 23 heavy (non-hydrogen) atoms. The number of carbonyl (C=O) groups is 1. The van der Waals surface area contributed by atoms with Crippen molar-refractivity contribution in [3.05, 3.63) is 70.8 Å². The number of hydrogen-bond donors (Lipinski definition) is 1. The highest BCUT2D eigenvalue weighted by atomic mass is 16.1. The molecule has 0 fully saturated rings. The predicted octanol–water partition coefficient (Wildman–Crippen LogP) is 2.52. The summed E-state index contributed by atoms with van der Waals surface area (Å²) in [6.45, 7) is 3.80. The third kappa shape index (κ3) is 2.99. The van der Waals surface area contributed by atoms with Crippen LogP contribution in [0.3, 0.4) is 0 Å². The van der Waals surface area contributed by atoms with Crippen LogP contribution in [0.2, 0.25) is 0 Å². The standard InChI is InChI=1S/C18H17N3O2/c1-12(2)20-17(22)13-8-9-15-16(10-13)19-11-21(18(15)23)14-6-4-3-5-7-14/h3-12H,1-2H3,(H,20,22). The Labute approximate surface area is 133 Å². The highest BCUT2D eigenvalue weighted by Crippen LogP contribution is 2.12. The van der Waals surface area contributed by atoms with Crippen molar-refractivity contribution >= 4 is 16.8 Å². The minimum atomic E-state index is -0.170. The van der Waals surface area contributed by atoms with Crippen LogP contribution in [0.25, 0.3) is 16.6 Å². The van der Waals surface area contributed by atoms with Gasteiger partial charge in [0.2, 0.25) is 0 Å². The molecule has 0 unspecified atom stereocenters. The fourth-order valence-electron chi connectivity index (χ4n) is 2.38. The number of fused-ring (bicyclic) bond motifs is 1. The van der Waals surface area contributed by atoms with Gasteiger partial charge >= 0.3 is 0 Å². The van der Waals surface area contributed by atoms with Crippen LogP contribution in [-0.4, -0.2) is 21.5 Å². The quantitative estimate of drug-likeness (QED) is 0.808. The molecule has 5 heteroatoms. The maximum absolute atomic E-state index is 12.6. The molecule has 2 aromatic carbocycles. The van der Waals surface area contributed by atoms with Crippen LogP contribution >= 0.6 is 0 Å². The fraction of sp³-hybridized carbons (Fsp3) is 0.167. The van der Waals surface area contributed by atoms with Crippen LogP contribution in [0.15, 0.2) is 59.7 Å². The van der Waals surface area contributed by atoms with E-state index in [4.69, 9.17) is 0 Å². The molecule has 116 valence electrons. The lowest BCUT2D eigenvalue weighted by Gasteiger charge is -2.09. The zero-order valence-corrected chi connectivity index (χ0v) is 13.0. The van der Waals surface area contributed by atoms with Crippen LogP contribution in [0.4, 0.5) is 0 Å². The van der Waals surface area contributed by atoms with Crippen LogP contribution < -0.4 is 10.9 Å². The van der Waals surface area contributed by atoms with Gasteiger partial charge in [-0.25, -0.2) is 4.98 Å². The summed E-state index contributed by atoms with van der Waals surface area (Å²) in [5.74, 6) is -0.170. The Kier molecular flexibility index (Phi) is 3.93. The van der Waals surface area contributed by atoms with E-state index >= 15 is 0 Å². The molecule has 0 radical (unpaired) electrons. The van der Waals surface area contributed by atoms with Crippen molar-refractivity contribution in [1.82, 2.24) is 14.9 Å². The van der Waals surface area contributed by atoms with Crippen LogP contribution in [0, 0.1) is 0 Å². The Morgan fingerprint density at radius 2 is 1.87 bits per heavy atom. The molecular formula is C18H17N3O2. The van der Waals surface area contributed by atoms with E-state index in [1.54, 1.807) is 18.2 Å². The number of carbonyl (C=O) groups excluding carboxylic acids is 1. The van der Waals surface area contributed by atoms with Crippen molar-refractivity contribution in [2.45, 2.75) is 19.9 Å². The summed E-state index contributed by atoms with van der Waals surface area (Å²) >= 11 is 0. The molecule has 1 N–H and O–H groups in total. The number of benzene rings is 2. The van der Waals surface area contributed by atoms with Gasteiger partial charge < -0.3 is 5.32 Å². The summed E-state index contributed by atoms with van der Waals surface area (Å²) in [7, 11) is 0. The minimum absolute atomic E-state index is 0.0530. The first kappa shape index (κ1) is 15.0. The van der Waals surface area contributed by atoms with Crippen molar-refractivity contribution < 1.29 is 4.79 Å². The van der Waals surface area contributed by atoms with Crippen molar-refractivity contribution in [3.63, 3.8) is 0 Å². The molecule has 3 aromatic rings. The van der Waals surface area contributed by atoms with E-state index in [1.165, 1.54) is 10.9 Å². The van der Waals surface area contributed by atoms with E-state index in [9.17, 15) is 9.59 Å². The molecular weight excluding hydrogens is 290 g/mol. The highest BCUT2D eigenvalue weighted by molar-refractivity contribution is 5.97. The monoisotopic (exact) mass is 307 g/mol. The first-order valence-corrected chi connectivity index (χ1v) is 7.44. The van der Waals surface area contributed by atoms with Gasteiger partial charge in [-0.2, -0.15) is 0 Å². The number of nitrogens with one attached hydrogen (secondary N) is 1. The Hall–Kier alpha value is -2.95. The van der Waals surface area contributed by atoms with E-state index in [0.717, 1.165) is 5.69 Å². The lowest BCUT2D eigenvalue weighted by atomic mass is 10.1. The van der Waals surface area contributed by atoms with E-state index in [0.29, 0.717) is 16.5 Å². The summed E-state index contributed by atoms with van der Waals surface area (Å²) in [4.78, 5) is 29.0. The van der Waals surface area contributed by atoms with Gasteiger partial charge in [0.25, 0.3) is 11.5 Å². The lowest BCUT2D eigenvalue weighted by Crippen LogP contribution is -2.30. The van der Waals surface area contributed by atoms with Gasteiger partial charge in [0.15, 0.2) is 0 Å². The Bertz CT molecular complexity index is 914. The minimum Gasteiger partial charge on any atom is -0.350 e. The SMILES string of the molecule is CC(C)NC(=O)c1ccc2c(=O)n(-c3ccccc3)cnc2c1. The van der Waals surface area contributed by atoms with E-state index in [2.05, 4.69) is 10.3 Å². The molecule has 0 aliphatic heterocycles. The lowest BCUT2D eigenvalue weighted by molar-refractivity contribution is 0.0943. The number of para-hydroxylation sites is 1. The molecule has 1 heterocycles. The fourth-order valence-corrected chi connectivity index (χ4v) is 2.38. The largest absolute Gasteiger partial charge is 0.350 e. The number of rotatable bonds is 3. The molecule has 0 saturated heterocycles. The van der Waals surface area contributed by atoms with Crippen LogP contribution in [-0.2, 0) is 0 Å². The second-order valence-corrected chi connectivity index (χ2v) is 5.62. The van der Waals surface area contributed by atoms with E-state index in [-0.39, 0.29) is 17.5 Å². The summed E-state index contributed by atoms with van der Waals surface area (Å²) < 4.78 is 1.50. The zero-order valence-electron chi connectivity index (χ0n) is 13.0. The number of hydrogen-bond acceptors (Lipinski definition) is 3. The number of amides is 1. The Morgan fingerprint density at radius 3 is 2.57 bits per heavy atom. The molecule has 0 atom stereocenters. The highest BCUT2D eigenvalue weighted by Gasteiger charge is 2.11. The molecule has 0 aliphatic rings. The number of aromatic nitrogens is 2. The van der Waals surface area contributed by atoms with Crippen molar-refractivity contribution in [1.29, 1.82) is 0 Å². The van der Waals surface area contributed by atoms with Gasteiger partial charge in [-0.15, -0.1) is 0 Å². The third-order valence-corrected chi connectivity index (χ3v) is 3.48. The van der Waals surface area contributed by atoms with Gasteiger partial charge in [-0.3, -0.25) is 14.2 Å². The van der Waals surface area contributed by atoms with Crippen LogP contribution in [0.1, 0.15) is 24.2 Å². The summed E-state index contributed by atoms with van der Waals surface area (Å²) in [5, 5.41) is 3.31. The summed E-state index contributed by atoms with van der Waals surface area (Å²) in [6.07, 6.45) is 1.49. The van der Waals surface area contributed by atoms with Gasteiger partial charge in [0.05, 0.1) is 16.6 Å². The van der Waals surface area contributed by atoms with Crippen molar-refractivity contribution in [3.8, 4) is 5.69 Å². The van der Waals surface area contributed by atoms with Crippen molar-refractivity contribution in [2.24, 2.45) is 0 Å². The normalized spacial score (nSPS) is 10.9. The van der Waals surface area contributed by atoms with Gasteiger partial charge in [0, 0.05) is 11.6 Å². The topological polar surface area (TPSA) is 64.0 Å². The average molecular weight is 307 g/mol. The smallest absolute Gasteiger partial charge is 0.265 e. The summed E-state index contributed by atoms with van der Waals surface area (Å²) in [6, 6.07) is 14.3. The Balaban J connectivity index is 2.07. The molecule has 3 rings (SSSR count). The second-order valence-electron chi connectivity index (χ2n) is 5.62. The molecule has 0 spiro atoms. The number of nitrogens with zero attached hydrogens (tertiary/aromatic N) is 2. The molecule has 1 aromatic heterocycles. The van der Waals surface area contributed by atoms with E-state index in [1.807, 2.05) is 44.2 Å². The van der Waals surface area contributed by atoms with E-state index < -0.39 is 0 Å². The average Bonchev–Trinajstić information content (AvgIpc) is 2.55. The summed E-state index contributed by atoms with van der Waals surface area (Å²) in [5.41, 5.74) is 1.61. The first-order chi connectivity index (χ1) is 11.1. The molecule has 1 amide bonds. The third-order valence-electron chi connectivity index (χ3n) is 3.48. The Morgan fingerprint density at radius 1 is 1.13 bits per heavy atom. The second kappa shape index (κ2) is 6.04.